The summed E-state index contributed by atoms with van der Waals surface area (Å²) in [5.74, 6) is -2.80. The number of aliphatic carboxylic acids is 2. The Morgan fingerprint density at radius 1 is 0.778 bits per heavy atom. The monoisotopic (exact) mass is 370 g/mol. The molecule has 0 heterocycles. The van der Waals surface area contributed by atoms with E-state index >= 15 is 0 Å². The van der Waals surface area contributed by atoms with E-state index in [4.69, 9.17) is 5.11 Å². The van der Waals surface area contributed by atoms with E-state index in [2.05, 4.69) is 10.6 Å². The SMILES string of the molecule is O=C(O)CNC(=O)[C@H](Cc1ccccc1)N[C@@H](Cc1ccccc1)C(=O)O. The van der Waals surface area contributed by atoms with E-state index in [0.717, 1.165) is 11.1 Å². The molecule has 0 saturated carbocycles. The summed E-state index contributed by atoms with van der Waals surface area (Å²) in [5, 5.41) is 23.5. The molecule has 0 radical (unpaired) electrons. The van der Waals surface area contributed by atoms with Crippen molar-refractivity contribution in [2.75, 3.05) is 6.54 Å². The molecule has 0 fully saturated rings. The van der Waals surface area contributed by atoms with E-state index in [0.29, 0.717) is 0 Å². The Morgan fingerprint density at radius 3 is 1.70 bits per heavy atom. The number of amides is 1. The van der Waals surface area contributed by atoms with Gasteiger partial charge in [-0.05, 0) is 24.0 Å². The van der Waals surface area contributed by atoms with E-state index in [1.165, 1.54) is 0 Å². The molecule has 27 heavy (non-hydrogen) atoms. The van der Waals surface area contributed by atoms with Gasteiger partial charge in [-0.3, -0.25) is 19.7 Å². The lowest BCUT2D eigenvalue weighted by Crippen LogP contribution is -2.53. The first kappa shape index (κ1) is 20.1. The Bertz CT molecular complexity index is 764. The van der Waals surface area contributed by atoms with Crippen LogP contribution in [0.1, 0.15) is 11.1 Å². The van der Waals surface area contributed by atoms with Crippen molar-refractivity contribution >= 4 is 17.8 Å². The van der Waals surface area contributed by atoms with Gasteiger partial charge in [0.25, 0.3) is 0 Å². The largest absolute Gasteiger partial charge is 0.480 e. The second kappa shape index (κ2) is 10.1. The second-order valence-electron chi connectivity index (χ2n) is 6.10. The van der Waals surface area contributed by atoms with E-state index < -0.39 is 36.5 Å². The van der Waals surface area contributed by atoms with Gasteiger partial charge in [-0.2, -0.15) is 0 Å². The lowest BCUT2D eigenvalue weighted by Gasteiger charge is -2.23. The summed E-state index contributed by atoms with van der Waals surface area (Å²) in [5.41, 5.74) is 1.66. The molecule has 0 aliphatic carbocycles. The molecule has 142 valence electrons. The molecule has 0 unspecified atom stereocenters. The minimum Gasteiger partial charge on any atom is -0.480 e. The van der Waals surface area contributed by atoms with Crippen molar-refractivity contribution in [2.45, 2.75) is 24.9 Å². The Hall–Kier alpha value is -3.19. The number of rotatable bonds is 10. The van der Waals surface area contributed by atoms with Gasteiger partial charge >= 0.3 is 11.9 Å². The summed E-state index contributed by atoms with van der Waals surface area (Å²) < 4.78 is 0. The Balaban J connectivity index is 2.15. The fourth-order valence-electron chi connectivity index (χ4n) is 2.67. The van der Waals surface area contributed by atoms with E-state index in [1.54, 1.807) is 0 Å². The van der Waals surface area contributed by atoms with Gasteiger partial charge in [0.15, 0.2) is 0 Å². The number of hydrogen-bond acceptors (Lipinski definition) is 4. The highest BCUT2D eigenvalue weighted by atomic mass is 16.4. The molecule has 0 aliphatic rings. The summed E-state index contributed by atoms with van der Waals surface area (Å²) in [6.07, 6.45) is 0.443. The van der Waals surface area contributed by atoms with Crippen LogP contribution in [-0.2, 0) is 27.2 Å². The predicted octanol–water partition coefficient (Wildman–Crippen LogP) is 1.08. The van der Waals surface area contributed by atoms with Gasteiger partial charge in [-0.25, -0.2) is 0 Å². The minimum absolute atomic E-state index is 0.202. The standard InChI is InChI=1S/C20H22N2O5/c23-18(24)13-21-19(25)16(11-14-7-3-1-4-8-14)22-17(20(26)27)12-15-9-5-2-6-10-15/h1-10,16-17,22H,11-13H2,(H,21,25)(H,23,24)(H,26,27)/t16-,17-/m0/s1. The van der Waals surface area contributed by atoms with Crippen LogP contribution < -0.4 is 10.6 Å². The zero-order chi connectivity index (χ0) is 19.6. The predicted molar refractivity (Wildman–Crippen MR) is 99.3 cm³/mol. The van der Waals surface area contributed by atoms with Crippen LogP contribution >= 0.6 is 0 Å². The van der Waals surface area contributed by atoms with Crippen molar-refractivity contribution in [1.82, 2.24) is 10.6 Å². The Labute approximate surface area is 157 Å². The van der Waals surface area contributed by atoms with E-state index in [-0.39, 0.29) is 12.8 Å². The Kier molecular flexibility index (Phi) is 7.51. The molecule has 2 atom stereocenters. The van der Waals surface area contributed by atoms with Gasteiger partial charge in [0.2, 0.25) is 5.91 Å². The van der Waals surface area contributed by atoms with Crippen molar-refractivity contribution < 1.29 is 24.6 Å². The number of carbonyl (C=O) groups is 3. The van der Waals surface area contributed by atoms with Crippen LogP contribution in [0.15, 0.2) is 60.7 Å². The van der Waals surface area contributed by atoms with Crippen molar-refractivity contribution in [2.24, 2.45) is 0 Å². The average molecular weight is 370 g/mol. The molecule has 0 aliphatic heterocycles. The number of benzene rings is 2. The van der Waals surface area contributed by atoms with Crippen molar-refractivity contribution in [3.63, 3.8) is 0 Å². The molecule has 1 amide bonds. The molecule has 4 N–H and O–H groups in total. The first-order valence-electron chi connectivity index (χ1n) is 8.52. The van der Waals surface area contributed by atoms with E-state index in [9.17, 15) is 19.5 Å². The summed E-state index contributed by atoms with van der Waals surface area (Å²) >= 11 is 0. The highest BCUT2D eigenvalue weighted by Crippen LogP contribution is 2.08. The highest BCUT2D eigenvalue weighted by molar-refractivity contribution is 5.86. The van der Waals surface area contributed by atoms with Crippen LogP contribution in [-0.4, -0.2) is 46.7 Å². The topological polar surface area (TPSA) is 116 Å². The number of carboxylic acids is 2. The van der Waals surface area contributed by atoms with Crippen LogP contribution in [0.25, 0.3) is 0 Å². The van der Waals surface area contributed by atoms with Crippen molar-refractivity contribution in [3.8, 4) is 0 Å². The molecular formula is C20H22N2O5. The number of carbonyl (C=O) groups excluding carboxylic acids is 1. The molecule has 0 bridgehead atoms. The van der Waals surface area contributed by atoms with Crippen LogP contribution in [0.3, 0.4) is 0 Å². The molecule has 7 heteroatoms. The number of nitrogens with one attached hydrogen (secondary N) is 2. The average Bonchev–Trinajstić information content (AvgIpc) is 2.66. The minimum atomic E-state index is -1.17. The lowest BCUT2D eigenvalue weighted by molar-refractivity contribution is -0.141. The Morgan fingerprint density at radius 2 is 1.26 bits per heavy atom. The zero-order valence-electron chi connectivity index (χ0n) is 14.7. The molecule has 0 saturated heterocycles. The van der Waals surface area contributed by atoms with Gasteiger partial charge in [-0.1, -0.05) is 60.7 Å². The molecule has 0 aromatic heterocycles. The van der Waals surface area contributed by atoms with Crippen LogP contribution in [0, 0.1) is 0 Å². The van der Waals surface area contributed by atoms with E-state index in [1.807, 2.05) is 60.7 Å². The third-order valence-electron chi connectivity index (χ3n) is 4.00. The smallest absolute Gasteiger partial charge is 0.322 e. The molecule has 2 aromatic rings. The summed E-state index contributed by atoms with van der Waals surface area (Å²) in [4.78, 5) is 34.9. The first-order chi connectivity index (χ1) is 13.0. The van der Waals surface area contributed by atoms with Crippen LogP contribution in [0.2, 0.25) is 0 Å². The summed E-state index contributed by atoms with van der Waals surface area (Å²) in [6, 6.07) is 16.4. The first-order valence-corrected chi connectivity index (χ1v) is 8.52. The van der Waals surface area contributed by atoms with Crippen molar-refractivity contribution in [1.29, 1.82) is 0 Å². The fraction of sp³-hybridized carbons (Fsp3) is 0.250. The normalized spacial score (nSPS) is 12.7. The maximum absolute atomic E-state index is 12.4. The van der Waals surface area contributed by atoms with Crippen LogP contribution in [0.5, 0.6) is 0 Å². The van der Waals surface area contributed by atoms with Gasteiger partial charge in [0.05, 0.1) is 6.04 Å². The quantitative estimate of drug-likeness (QED) is 0.497. The second-order valence-corrected chi connectivity index (χ2v) is 6.10. The lowest BCUT2D eigenvalue weighted by atomic mass is 10.0. The number of hydrogen-bond donors (Lipinski definition) is 4. The van der Waals surface area contributed by atoms with Gasteiger partial charge in [0.1, 0.15) is 12.6 Å². The highest BCUT2D eigenvalue weighted by Gasteiger charge is 2.27. The zero-order valence-corrected chi connectivity index (χ0v) is 14.7. The molecular weight excluding hydrogens is 348 g/mol. The van der Waals surface area contributed by atoms with Crippen LogP contribution in [0.4, 0.5) is 0 Å². The van der Waals surface area contributed by atoms with Gasteiger partial charge in [0, 0.05) is 0 Å². The fourth-order valence-corrected chi connectivity index (χ4v) is 2.67. The van der Waals surface area contributed by atoms with Gasteiger partial charge in [-0.15, -0.1) is 0 Å². The molecule has 0 spiro atoms. The number of carboxylic acid groups (broad SMARTS) is 2. The third-order valence-corrected chi connectivity index (χ3v) is 4.00. The van der Waals surface area contributed by atoms with Crippen molar-refractivity contribution in [3.05, 3.63) is 71.8 Å². The third kappa shape index (κ3) is 6.91. The van der Waals surface area contributed by atoms with Gasteiger partial charge < -0.3 is 15.5 Å². The molecule has 2 rings (SSSR count). The maximum atomic E-state index is 12.4. The summed E-state index contributed by atoms with van der Waals surface area (Å²) in [6.45, 7) is -0.526. The molecule has 2 aromatic carbocycles. The summed E-state index contributed by atoms with van der Waals surface area (Å²) in [7, 11) is 0. The molecule has 7 nitrogen and oxygen atoms in total. The maximum Gasteiger partial charge on any atom is 0.322 e.